The molecule has 1 N–H and O–H groups in total. The Balaban J connectivity index is 1.48. The monoisotopic (exact) mass is 647 g/mol. The Bertz CT molecular complexity index is 1580. The van der Waals surface area contributed by atoms with Gasteiger partial charge in [0, 0.05) is 0 Å². The van der Waals surface area contributed by atoms with Gasteiger partial charge in [0.05, 0.1) is 14.2 Å². The molecule has 0 fully saturated rings. The summed E-state index contributed by atoms with van der Waals surface area (Å²) in [5, 5.41) is 5.57. The molecule has 0 saturated heterocycles. The quantitative estimate of drug-likeness (QED) is 0.0938. The second-order valence-electron chi connectivity index (χ2n) is 10.9. The first-order valence-corrected chi connectivity index (χ1v) is 19.1. The van der Waals surface area contributed by atoms with Gasteiger partial charge >= 0.3 is 227 Å². The molecule has 0 aliphatic rings. The minimum atomic E-state index is -3.96. The summed E-state index contributed by atoms with van der Waals surface area (Å²) in [6, 6.07) is 34.9. The Morgan fingerprint density at radius 1 is 0.711 bits per heavy atom. The maximum absolute atomic E-state index is 13.2. The third-order valence-electron chi connectivity index (χ3n) is 7.85. The van der Waals surface area contributed by atoms with E-state index in [4.69, 9.17) is 13.4 Å². The molecule has 4 rings (SSSR count). The van der Waals surface area contributed by atoms with Crippen LogP contribution in [0, 0.1) is 0 Å². The molecule has 45 heavy (non-hydrogen) atoms. The molecule has 0 saturated carbocycles. The summed E-state index contributed by atoms with van der Waals surface area (Å²) in [7, 11) is -0.735. The van der Waals surface area contributed by atoms with Gasteiger partial charge in [0.1, 0.15) is 0 Å². The molecule has 238 valence electrons. The van der Waals surface area contributed by atoms with E-state index in [9.17, 15) is 13.2 Å². The minimum absolute atomic E-state index is 0.173. The summed E-state index contributed by atoms with van der Waals surface area (Å²) in [5.41, 5.74) is 0.829. The Morgan fingerprint density at radius 2 is 1.22 bits per heavy atom. The van der Waals surface area contributed by atoms with Crippen LogP contribution in [-0.2, 0) is 18.9 Å². The van der Waals surface area contributed by atoms with E-state index < -0.39 is 16.9 Å². The number of carbonyl (C=O) groups is 1. The zero-order valence-electron chi connectivity index (χ0n) is 26.1. The van der Waals surface area contributed by atoms with Crippen molar-refractivity contribution in [2.75, 3.05) is 33.2 Å². The minimum Gasteiger partial charge on any atom is -0.493 e. The normalized spacial score (nSPS) is 12.7. The van der Waals surface area contributed by atoms with E-state index in [-0.39, 0.29) is 5.91 Å². The van der Waals surface area contributed by atoms with Gasteiger partial charge < -0.3 is 9.47 Å². The molecule has 0 radical (unpaired) electrons. The van der Waals surface area contributed by atoms with Crippen molar-refractivity contribution in [2.45, 2.75) is 25.7 Å². The fraction of sp³-hybridized carbons (Fsp3) is 0.250. The fourth-order valence-corrected chi connectivity index (χ4v) is 14.4. The predicted molar refractivity (Wildman–Crippen MR) is 186 cm³/mol. The fourth-order valence-electron chi connectivity index (χ4n) is 5.82. The molecule has 0 atom stereocenters. The molecule has 7 nitrogen and oxygen atoms in total. The second kappa shape index (κ2) is 15.3. The average molecular weight is 648 g/mol. The van der Waals surface area contributed by atoms with E-state index in [1.807, 2.05) is 103 Å². The first kappa shape index (κ1) is 33.9. The van der Waals surface area contributed by atoms with Crippen LogP contribution in [-0.4, -0.2) is 47.5 Å². The molecule has 0 spiro atoms. The van der Waals surface area contributed by atoms with Crippen molar-refractivity contribution >= 4 is 44.8 Å². The number of rotatable bonds is 16. The molecule has 9 heteroatoms. The Labute approximate surface area is 267 Å². The van der Waals surface area contributed by atoms with Gasteiger partial charge in [0.25, 0.3) is 0 Å². The van der Waals surface area contributed by atoms with Crippen LogP contribution in [0.3, 0.4) is 0 Å². The van der Waals surface area contributed by atoms with Gasteiger partial charge in [0.15, 0.2) is 11.5 Å². The standard InChI is InChI=1S/C36H42NO6PS/c1-41-34-25-23-30(29-35(34)42-2)24-26-36(38)37-27-15-4-5-16-28-44(43-45(3,39)40,31-17-9-6-10-18-31,32-19-11-7-12-20-32)33-21-13-8-14-22-33/h6-14,17-26,29H,4-5,15-16,27-28H2,1-3H3,(H,37,38)/b26-24+. The Morgan fingerprint density at radius 3 is 1.71 bits per heavy atom. The summed E-state index contributed by atoms with van der Waals surface area (Å²) in [5.74, 6) is 1.06. The first-order chi connectivity index (χ1) is 21.7. The number of nitrogens with one attached hydrogen (secondary N) is 1. The van der Waals surface area contributed by atoms with Gasteiger partial charge in [-0.15, -0.1) is 0 Å². The van der Waals surface area contributed by atoms with Gasteiger partial charge in [-0.2, -0.15) is 0 Å². The SMILES string of the molecule is COc1ccc(/C=C/C(=O)NCCCCCCP(OS(C)(=O)=O)(c2ccccc2)(c2ccccc2)c2ccccc2)cc1OC. The van der Waals surface area contributed by atoms with Gasteiger partial charge in [-0.25, -0.2) is 0 Å². The van der Waals surface area contributed by atoms with Crippen LogP contribution in [0.5, 0.6) is 11.5 Å². The van der Waals surface area contributed by atoms with Crippen molar-refractivity contribution in [3.63, 3.8) is 0 Å². The molecule has 1 amide bonds. The third kappa shape index (κ3) is 8.01. The van der Waals surface area contributed by atoms with E-state index >= 15 is 0 Å². The summed E-state index contributed by atoms with van der Waals surface area (Å²) in [6.07, 6.45) is 8.15. The molecule has 0 aromatic heterocycles. The second-order valence-corrected chi connectivity index (χ2v) is 17.3. The van der Waals surface area contributed by atoms with Crippen molar-refractivity contribution in [1.29, 1.82) is 0 Å². The van der Waals surface area contributed by atoms with Crippen molar-refractivity contribution in [3.05, 3.63) is 121 Å². The van der Waals surface area contributed by atoms with E-state index in [1.165, 1.54) is 6.08 Å². The Kier molecular flexibility index (Phi) is 11.6. The van der Waals surface area contributed by atoms with Crippen molar-refractivity contribution in [1.82, 2.24) is 5.32 Å². The van der Waals surface area contributed by atoms with Crippen LogP contribution < -0.4 is 30.7 Å². The van der Waals surface area contributed by atoms with Crippen LogP contribution in [0.4, 0.5) is 0 Å². The summed E-state index contributed by atoms with van der Waals surface area (Å²) >= 11 is 0. The van der Waals surface area contributed by atoms with Crippen LogP contribution in [0.2, 0.25) is 0 Å². The summed E-state index contributed by atoms with van der Waals surface area (Å²) < 4.78 is 43.5. The number of hydrogen-bond donors (Lipinski definition) is 1. The molecule has 0 bridgehead atoms. The van der Waals surface area contributed by atoms with E-state index in [0.717, 1.165) is 53.4 Å². The zero-order valence-corrected chi connectivity index (χ0v) is 27.8. The van der Waals surface area contributed by atoms with Gasteiger partial charge in [-0.05, 0) is 6.07 Å². The van der Waals surface area contributed by atoms with Crippen LogP contribution in [0.1, 0.15) is 31.2 Å². The van der Waals surface area contributed by atoms with Crippen molar-refractivity contribution in [2.24, 2.45) is 0 Å². The summed E-state index contributed by atoms with van der Waals surface area (Å²) in [4.78, 5) is 12.4. The predicted octanol–water partition coefficient (Wildman–Crippen LogP) is 5.81. The molecule has 0 heterocycles. The number of carbonyl (C=O) groups excluding carboxylic acids is 1. The van der Waals surface area contributed by atoms with Crippen molar-refractivity contribution in [3.8, 4) is 11.5 Å². The number of ether oxygens (including phenoxy) is 2. The number of benzene rings is 4. The zero-order chi connectivity index (χ0) is 32.2. The van der Waals surface area contributed by atoms with Crippen molar-refractivity contribution < 1.29 is 26.7 Å². The van der Waals surface area contributed by atoms with Crippen LogP contribution in [0.25, 0.3) is 6.08 Å². The van der Waals surface area contributed by atoms with E-state index in [2.05, 4.69) is 5.32 Å². The molecule has 0 unspecified atom stereocenters. The maximum atomic E-state index is 13.2. The molecule has 0 aliphatic heterocycles. The smallest absolute Gasteiger partial charge is 0.493 e. The number of methoxy groups -OCH3 is 2. The molecule has 0 aliphatic carbocycles. The number of unbranched alkanes of at least 4 members (excludes halogenated alkanes) is 3. The molecule has 4 aromatic carbocycles. The Hall–Kier alpha value is -3.97. The van der Waals surface area contributed by atoms with Gasteiger partial charge in [-0.3, -0.25) is 0 Å². The van der Waals surface area contributed by atoms with Crippen LogP contribution in [0.15, 0.2) is 115 Å². The number of hydrogen-bond acceptors (Lipinski definition) is 6. The topological polar surface area (TPSA) is 90.9 Å². The molecule has 4 aromatic rings. The van der Waals surface area contributed by atoms with Gasteiger partial charge in [0.2, 0.25) is 0 Å². The molecular formula is C36H42NO6PS. The average Bonchev–Trinajstić information content (AvgIpc) is 3.07. The van der Waals surface area contributed by atoms with Crippen LogP contribution >= 0.6 is 6.83 Å². The number of amides is 1. The van der Waals surface area contributed by atoms with Gasteiger partial charge in [-0.1, -0.05) is 0 Å². The first-order valence-electron chi connectivity index (χ1n) is 15.0. The summed E-state index contributed by atoms with van der Waals surface area (Å²) in [6.45, 7) is -3.43. The third-order valence-corrected chi connectivity index (χ3v) is 15.6. The van der Waals surface area contributed by atoms with E-state index in [1.54, 1.807) is 26.4 Å². The van der Waals surface area contributed by atoms with E-state index in [0.29, 0.717) is 24.2 Å². The molecular weight excluding hydrogens is 605 g/mol.